The van der Waals surface area contributed by atoms with Gasteiger partial charge in [0.25, 0.3) is 0 Å². The van der Waals surface area contributed by atoms with Gasteiger partial charge in [0.15, 0.2) is 6.73 Å². The maximum Gasteiger partial charge on any atom is 0.340 e. The highest BCUT2D eigenvalue weighted by Gasteiger charge is 2.24. The van der Waals surface area contributed by atoms with Gasteiger partial charge in [-0.25, -0.2) is 9.18 Å². The molecule has 0 atom stereocenters. The Balaban J connectivity index is 1.59. The number of halogens is 1. The summed E-state index contributed by atoms with van der Waals surface area (Å²) in [5.41, 5.74) is 5.68. The Kier molecular flexibility index (Phi) is 4.74. The lowest BCUT2D eigenvalue weighted by molar-refractivity contribution is 0.287. The molecule has 1 aliphatic heterocycles. The van der Waals surface area contributed by atoms with E-state index in [-0.39, 0.29) is 11.4 Å². The lowest BCUT2D eigenvalue weighted by Crippen LogP contribution is -2.32. The van der Waals surface area contributed by atoms with Crippen LogP contribution >= 0.6 is 0 Å². The van der Waals surface area contributed by atoms with Gasteiger partial charge in [-0.2, -0.15) is 0 Å². The molecule has 5 rings (SSSR count). The fraction of sp³-hybridized carbons (Fsp3) is 0.192. The summed E-state index contributed by atoms with van der Waals surface area (Å²) >= 11 is 0. The van der Waals surface area contributed by atoms with E-state index in [1.807, 2.05) is 49.1 Å². The Labute approximate surface area is 179 Å². The van der Waals surface area contributed by atoms with E-state index in [0.717, 1.165) is 39.1 Å². The number of hydrogen-bond acceptors (Lipinski definition) is 4. The van der Waals surface area contributed by atoms with Crippen molar-refractivity contribution in [3.63, 3.8) is 0 Å². The summed E-state index contributed by atoms with van der Waals surface area (Å²) in [6.07, 6.45) is 0.527. The third-order valence-electron chi connectivity index (χ3n) is 5.98. The first kappa shape index (κ1) is 19.4. The SMILES string of the molecule is Cc1c(Cc2ccccc2)c(=O)oc2c(C)c3c(cc12)CN(c1ccc(F)cc1)CO3. The van der Waals surface area contributed by atoms with E-state index >= 15 is 0 Å². The first-order valence-corrected chi connectivity index (χ1v) is 10.3. The lowest BCUT2D eigenvalue weighted by Gasteiger charge is -2.32. The molecule has 4 aromatic rings. The van der Waals surface area contributed by atoms with Gasteiger partial charge in [0.05, 0.1) is 0 Å². The molecule has 5 heteroatoms. The molecule has 3 aromatic carbocycles. The van der Waals surface area contributed by atoms with E-state index < -0.39 is 0 Å². The van der Waals surface area contributed by atoms with Crippen molar-refractivity contribution in [3.8, 4) is 5.75 Å². The molecule has 0 N–H and O–H groups in total. The van der Waals surface area contributed by atoms with Gasteiger partial charge in [0, 0.05) is 40.7 Å². The first-order valence-electron chi connectivity index (χ1n) is 10.3. The molecule has 0 saturated heterocycles. The number of ether oxygens (including phenoxy) is 1. The van der Waals surface area contributed by atoms with Crippen molar-refractivity contribution < 1.29 is 13.5 Å². The Morgan fingerprint density at radius 1 is 1.00 bits per heavy atom. The summed E-state index contributed by atoms with van der Waals surface area (Å²) in [5, 5.41) is 0.923. The highest BCUT2D eigenvalue weighted by atomic mass is 19.1. The molecule has 0 unspecified atom stereocenters. The molecule has 4 nitrogen and oxygen atoms in total. The number of aryl methyl sites for hydroxylation is 2. The van der Waals surface area contributed by atoms with Crippen molar-refractivity contribution in [3.05, 3.63) is 105 Å². The highest BCUT2D eigenvalue weighted by Crippen LogP contribution is 2.37. The summed E-state index contributed by atoms with van der Waals surface area (Å²) in [6.45, 7) is 4.88. The zero-order valence-corrected chi connectivity index (χ0v) is 17.4. The van der Waals surface area contributed by atoms with Gasteiger partial charge < -0.3 is 14.1 Å². The van der Waals surface area contributed by atoms with Crippen molar-refractivity contribution in [2.75, 3.05) is 11.6 Å². The number of hydrogen-bond donors (Lipinski definition) is 0. The molecule has 1 aliphatic rings. The number of nitrogens with zero attached hydrogens (tertiary/aromatic N) is 1. The molecule has 156 valence electrons. The Hall–Kier alpha value is -3.60. The van der Waals surface area contributed by atoms with E-state index in [1.165, 1.54) is 12.1 Å². The van der Waals surface area contributed by atoms with Gasteiger partial charge in [0.1, 0.15) is 17.1 Å². The van der Waals surface area contributed by atoms with Crippen LogP contribution < -0.4 is 15.3 Å². The van der Waals surface area contributed by atoms with Crippen LogP contribution in [0.25, 0.3) is 11.0 Å². The molecule has 1 aromatic heterocycles. The number of fused-ring (bicyclic) bond motifs is 2. The predicted molar refractivity (Wildman–Crippen MR) is 119 cm³/mol. The summed E-state index contributed by atoms with van der Waals surface area (Å²) in [5.74, 6) is 0.490. The fourth-order valence-corrected chi connectivity index (χ4v) is 4.27. The van der Waals surface area contributed by atoms with Gasteiger partial charge in [-0.1, -0.05) is 30.3 Å². The van der Waals surface area contributed by atoms with Crippen LogP contribution in [0, 0.1) is 19.7 Å². The van der Waals surface area contributed by atoms with Gasteiger partial charge in [-0.3, -0.25) is 0 Å². The first-order chi connectivity index (χ1) is 15.0. The number of rotatable bonds is 3. The smallest absolute Gasteiger partial charge is 0.340 e. The molecule has 0 spiro atoms. The normalized spacial score (nSPS) is 13.2. The van der Waals surface area contributed by atoms with Gasteiger partial charge in [0.2, 0.25) is 0 Å². The molecule has 0 bridgehead atoms. The van der Waals surface area contributed by atoms with Gasteiger partial charge in [-0.05, 0) is 55.3 Å². The van der Waals surface area contributed by atoms with Crippen molar-refractivity contribution in [2.24, 2.45) is 0 Å². The van der Waals surface area contributed by atoms with Crippen LogP contribution in [0.5, 0.6) is 5.75 Å². The van der Waals surface area contributed by atoms with Crippen molar-refractivity contribution in [1.82, 2.24) is 0 Å². The van der Waals surface area contributed by atoms with Crippen LogP contribution in [0.3, 0.4) is 0 Å². The summed E-state index contributed by atoms with van der Waals surface area (Å²) in [6, 6.07) is 18.4. The molecule has 0 fully saturated rings. The van der Waals surface area contributed by atoms with E-state index in [1.54, 1.807) is 12.1 Å². The Morgan fingerprint density at radius 3 is 2.48 bits per heavy atom. The van der Waals surface area contributed by atoms with Crippen LogP contribution in [0.15, 0.2) is 69.9 Å². The van der Waals surface area contributed by atoms with E-state index in [4.69, 9.17) is 9.15 Å². The van der Waals surface area contributed by atoms with Crippen LogP contribution in [-0.4, -0.2) is 6.73 Å². The predicted octanol–water partition coefficient (Wildman–Crippen LogP) is 5.50. The van der Waals surface area contributed by atoms with Crippen LogP contribution in [0.1, 0.15) is 27.8 Å². The minimum atomic E-state index is -0.305. The quantitative estimate of drug-likeness (QED) is 0.415. The third-order valence-corrected chi connectivity index (χ3v) is 5.98. The van der Waals surface area contributed by atoms with Gasteiger partial charge in [-0.15, -0.1) is 0 Å². The second-order valence-corrected chi connectivity index (χ2v) is 7.97. The summed E-state index contributed by atoms with van der Waals surface area (Å²) in [7, 11) is 0. The topological polar surface area (TPSA) is 42.7 Å². The average molecular weight is 415 g/mol. The standard InChI is InChI=1S/C26H22FNO3/c1-16-22-13-19-14-28(21-10-8-20(27)9-11-21)15-30-24(19)17(2)25(22)31-26(29)23(16)12-18-6-4-3-5-7-18/h3-11,13H,12,14-15H2,1-2H3. The third kappa shape index (κ3) is 3.46. The van der Waals surface area contributed by atoms with Crippen LogP contribution in [0.2, 0.25) is 0 Å². The second-order valence-electron chi connectivity index (χ2n) is 7.97. The van der Waals surface area contributed by atoms with Gasteiger partial charge >= 0.3 is 5.63 Å². The minimum absolute atomic E-state index is 0.263. The van der Waals surface area contributed by atoms with E-state index in [0.29, 0.717) is 30.8 Å². The monoisotopic (exact) mass is 415 g/mol. The molecule has 0 aliphatic carbocycles. The zero-order chi connectivity index (χ0) is 21.5. The van der Waals surface area contributed by atoms with Crippen LogP contribution in [0.4, 0.5) is 10.1 Å². The molecular formula is C26H22FNO3. The molecule has 31 heavy (non-hydrogen) atoms. The molecular weight excluding hydrogens is 393 g/mol. The Morgan fingerprint density at radius 2 is 1.74 bits per heavy atom. The molecule has 0 radical (unpaired) electrons. The maximum atomic E-state index is 13.3. The zero-order valence-electron chi connectivity index (χ0n) is 17.4. The largest absolute Gasteiger partial charge is 0.472 e. The maximum absolute atomic E-state index is 13.3. The summed E-state index contributed by atoms with van der Waals surface area (Å²) < 4.78 is 25.1. The van der Waals surface area contributed by atoms with Crippen molar-refractivity contribution >= 4 is 16.7 Å². The average Bonchev–Trinajstić information content (AvgIpc) is 2.79. The van der Waals surface area contributed by atoms with Crippen LogP contribution in [-0.2, 0) is 13.0 Å². The Bertz CT molecular complexity index is 1330. The lowest BCUT2D eigenvalue weighted by atomic mass is 9.96. The highest BCUT2D eigenvalue weighted by molar-refractivity contribution is 5.87. The van der Waals surface area contributed by atoms with Crippen molar-refractivity contribution in [2.45, 2.75) is 26.8 Å². The number of benzene rings is 3. The number of anilines is 1. The second kappa shape index (κ2) is 7.58. The molecule has 0 saturated carbocycles. The fourth-order valence-electron chi connectivity index (χ4n) is 4.27. The van der Waals surface area contributed by atoms with E-state index in [2.05, 4.69) is 6.07 Å². The molecule has 2 heterocycles. The summed E-state index contributed by atoms with van der Waals surface area (Å²) in [4.78, 5) is 14.8. The molecule has 0 amide bonds. The minimum Gasteiger partial charge on any atom is -0.472 e. The van der Waals surface area contributed by atoms with Crippen molar-refractivity contribution in [1.29, 1.82) is 0 Å². The van der Waals surface area contributed by atoms with E-state index in [9.17, 15) is 9.18 Å².